The van der Waals surface area contributed by atoms with Crippen LogP contribution >= 0.6 is 12.4 Å². The van der Waals surface area contributed by atoms with Crippen LogP contribution in [-0.2, 0) is 4.74 Å². The van der Waals surface area contributed by atoms with Crippen LogP contribution in [0.25, 0.3) is 0 Å². The van der Waals surface area contributed by atoms with E-state index in [9.17, 15) is 4.79 Å². The van der Waals surface area contributed by atoms with Crippen molar-refractivity contribution in [1.29, 1.82) is 0 Å². The number of hydrogen-bond acceptors (Lipinski definition) is 3. The predicted octanol–water partition coefficient (Wildman–Crippen LogP) is 2.94. The van der Waals surface area contributed by atoms with E-state index in [1.165, 1.54) is 7.11 Å². The molecule has 0 saturated heterocycles. The topological polar surface area (TPSA) is 52.3 Å². The van der Waals surface area contributed by atoms with Crippen LogP contribution in [0.3, 0.4) is 0 Å². The highest BCUT2D eigenvalue weighted by molar-refractivity contribution is 5.89. The third-order valence-electron chi connectivity index (χ3n) is 2.49. The summed E-state index contributed by atoms with van der Waals surface area (Å²) in [6.45, 7) is 4.28. The fraction of sp³-hybridized carbons (Fsp3) is 0.462. The van der Waals surface area contributed by atoms with Crippen LogP contribution in [0, 0.1) is 5.92 Å². The molecule has 0 aliphatic heterocycles. The van der Waals surface area contributed by atoms with Crippen molar-refractivity contribution in [2.75, 3.05) is 7.11 Å². The molecule has 1 aromatic carbocycles. The van der Waals surface area contributed by atoms with Gasteiger partial charge in [0.05, 0.1) is 12.7 Å². The molecule has 1 aromatic rings. The first-order valence-electron chi connectivity index (χ1n) is 5.48. The number of methoxy groups -OCH3 is 1. The maximum absolute atomic E-state index is 11.2. The van der Waals surface area contributed by atoms with E-state index in [-0.39, 0.29) is 24.4 Å². The lowest BCUT2D eigenvalue weighted by molar-refractivity contribution is 0.0600. The van der Waals surface area contributed by atoms with Crippen LogP contribution in [0.4, 0.5) is 0 Å². The van der Waals surface area contributed by atoms with Crippen molar-refractivity contribution >= 4 is 18.4 Å². The summed E-state index contributed by atoms with van der Waals surface area (Å²) in [5.41, 5.74) is 7.65. The Hall–Kier alpha value is -1.06. The Morgan fingerprint density at radius 3 is 2.24 bits per heavy atom. The van der Waals surface area contributed by atoms with Gasteiger partial charge in [0.25, 0.3) is 0 Å². The Morgan fingerprint density at radius 1 is 1.29 bits per heavy atom. The SMILES string of the molecule is COC(=O)c1ccc([C@@H](N)CC(C)C)cc1.Cl. The molecule has 96 valence electrons. The second-order valence-corrected chi connectivity index (χ2v) is 4.35. The molecule has 0 saturated carbocycles. The lowest BCUT2D eigenvalue weighted by Crippen LogP contribution is -2.13. The summed E-state index contributed by atoms with van der Waals surface area (Å²) >= 11 is 0. The van der Waals surface area contributed by atoms with Crippen LogP contribution in [0.1, 0.15) is 42.2 Å². The van der Waals surface area contributed by atoms with E-state index >= 15 is 0 Å². The smallest absolute Gasteiger partial charge is 0.337 e. The van der Waals surface area contributed by atoms with Crippen molar-refractivity contribution in [3.05, 3.63) is 35.4 Å². The van der Waals surface area contributed by atoms with E-state index in [0.717, 1.165) is 12.0 Å². The summed E-state index contributed by atoms with van der Waals surface area (Å²) in [5.74, 6) is 0.249. The molecule has 0 spiro atoms. The molecule has 4 heteroatoms. The maximum Gasteiger partial charge on any atom is 0.337 e. The number of rotatable bonds is 4. The molecular weight excluding hydrogens is 238 g/mol. The molecule has 0 heterocycles. The van der Waals surface area contributed by atoms with Crippen molar-refractivity contribution in [2.45, 2.75) is 26.3 Å². The zero-order valence-corrected chi connectivity index (χ0v) is 11.3. The van der Waals surface area contributed by atoms with Gasteiger partial charge in [-0.05, 0) is 30.0 Å². The normalized spacial score (nSPS) is 11.8. The summed E-state index contributed by atoms with van der Waals surface area (Å²) in [5, 5.41) is 0. The first-order chi connectivity index (χ1) is 7.54. The molecule has 0 amide bonds. The molecule has 2 N–H and O–H groups in total. The fourth-order valence-electron chi connectivity index (χ4n) is 1.63. The van der Waals surface area contributed by atoms with Crippen molar-refractivity contribution in [2.24, 2.45) is 11.7 Å². The molecular formula is C13H20ClNO2. The molecule has 0 bridgehead atoms. The Bertz CT molecular complexity index is 349. The third-order valence-corrected chi connectivity index (χ3v) is 2.49. The molecule has 0 aromatic heterocycles. The van der Waals surface area contributed by atoms with E-state index in [1.54, 1.807) is 12.1 Å². The number of carbonyl (C=O) groups is 1. The highest BCUT2D eigenvalue weighted by atomic mass is 35.5. The minimum atomic E-state index is -0.316. The minimum Gasteiger partial charge on any atom is -0.465 e. The summed E-state index contributed by atoms with van der Waals surface area (Å²) < 4.78 is 4.63. The average molecular weight is 258 g/mol. The first kappa shape index (κ1) is 15.9. The van der Waals surface area contributed by atoms with Gasteiger partial charge in [-0.3, -0.25) is 0 Å². The van der Waals surface area contributed by atoms with Gasteiger partial charge in [-0.25, -0.2) is 4.79 Å². The number of nitrogens with two attached hydrogens (primary N) is 1. The highest BCUT2D eigenvalue weighted by Crippen LogP contribution is 2.19. The van der Waals surface area contributed by atoms with Gasteiger partial charge in [0, 0.05) is 6.04 Å². The van der Waals surface area contributed by atoms with E-state index in [1.807, 2.05) is 12.1 Å². The summed E-state index contributed by atoms with van der Waals surface area (Å²) in [6, 6.07) is 7.31. The van der Waals surface area contributed by atoms with Crippen LogP contribution in [0.5, 0.6) is 0 Å². The number of benzene rings is 1. The molecule has 0 aliphatic rings. The summed E-state index contributed by atoms with van der Waals surface area (Å²) in [6.07, 6.45) is 0.942. The molecule has 0 radical (unpaired) electrons. The van der Waals surface area contributed by atoms with Crippen LogP contribution in [-0.4, -0.2) is 13.1 Å². The Labute approximate surface area is 109 Å². The van der Waals surface area contributed by atoms with Crippen molar-refractivity contribution in [3.63, 3.8) is 0 Å². The third kappa shape index (κ3) is 4.75. The number of carbonyl (C=O) groups excluding carboxylic acids is 1. The zero-order valence-electron chi connectivity index (χ0n) is 10.5. The minimum absolute atomic E-state index is 0. The molecule has 0 aliphatic carbocycles. The van der Waals surface area contributed by atoms with Crippen molar-refractivity contribution < 1.29 is 9.53 Å². The second-order valence-electron chi connectivity index (χ2n) is 4.35. The summed E-state index contributed by atoms with van der Waals surface area (Å²) in [7, 11) is 1.38. The van der Waals surface area contributed by atoms with Crippen LogP contribution < -0.4 is 5.73 Å². The molecule has 3 nitrogen and oxygen atoms in total. The van der Waals surface area contributed by atoms with Gasteiger partial charge in [0.15, 0.2) is 0 Å². The van der Waals surface area contributed by atoms with Gasteiger partial charge in [0.1, 0.15) is 0 Å². The molecule has 0 fully saturated rings. The zero-order chi connectivity index (χ0) is 12.1. The number of esters is 1. The van der Waals surface area contributed by atoms with Gasteiger partial charge < -0.3 is 10.5 Å². The fourth-order valence-corrected chi connectivity index (χ4v) is 1.63. The number of ether oxygens (including phenoxy) is 1. The molecule has 1 rings (SSSR count). The van der Waals surface area contributed by atoms with E-state index < -0.39 is 0 Å². The monoisotopic (exact) mass is 257 g/mol. The molecule has 0 unspecified atom stereocenters. The van der Waals surface area contributed by atoms with Crippen LogP contribution in [0.15, 0.2) is 24.3 Å². The van der Waals surface area contributed by atoms with Gasteiger partial charge in [-0.2, -0.15) is 0 Å². The van der Waals surface area contributed by atoms with Gasteiger partial charge in [0.2, 0.25) is 0 Å². The van der Waals surface area contributed by atoms with Crippen molar-refractivity contribution in [1.82, 2.24) is 0 Å². The standard InChI is InChI=1S/C13H19NO2.ClH/c1-9(2)8-12(14)10-4-6-11(7-5-10)13(15)16-3;/h4-7,9,12H,8,14H2,1-3H3;1H/t12-;/m0./s1. The Morgan fingerprint density at radius 2 is 1.82 bits per heavy atom. The predicted molar refractivity (Wildman–Crippen MR) is 71.4 cm³/mol. The Balaban J connectivity index is 0.00000256. The largest absolute Gasteiger partial charge is 0.465 e. The van der Waals surface area contributed by atoms with E-state index in [4.69, 9.17) is 5.73 Å². The first-order valence-corrected chi connectivity index (χ1v) is 5.48. The number of hydrogen-bond donors (Lipinski definition) is 1. The average Bonchev–Trinajstić information content (AvgIpc) is 2.27. The Kier molecular flexibility index (Phi) is 6.85. The van der Waals surface area contributed by atoms with E-state index in [2.05, 4.69) is 18.6 Å². The second kappa shape index (κ2) is 7.30. The molecule has 17 heavy (non-hydrogen) atoms. The molecule has 1 atom stereocenters. The van der Waals surface area contributed by atoms with Crippen molar-refractivity contribution in [3.8, 4) is 0 Å². The van der Waals surface area contributed by atoms with E-state index in [0.29, 0.717) is 11.5 Å². The lowest BCUT2D eigenvalue weighted by Gasteiger charge is -2.14. The number of halogens is 1. The van der Waals surface area contributed by atoms with Gasteiger partial charge >= 0.3 is 5.97 Å². The summed E-state index contributed by atoms with van der Waals surface area (Å²) in [4.78, 5) is 11.2. The quantitative estimate of drug-likeness (QED) is 0.844. The maximum atomic E-state index is 11.2. The van der Waals surface area contributed by atoms with Gasteiger partial charge in [-0.15, -0.1) is 12.4 Å². The van der Waals surface area contributed by atoms with Crippen LogP contribution in [0.2, 0.25) is 0 Å². The van der Waals surface area contributed by atoms with Gasteiger partial charge in [-0.1, -0.05) is 26.0 Å². The highest BCUT2D eigenvalue weighted by Gasteiger charge is 2.10. The lowest BCUT2D eigenvalue weighted by atomic mass is 9.97.